The van der Waals surface area contributed by atoms with E-state index in [-0.39, 0.29) is 23.3 Å². The first-order valence-corrected chi connectivity index (χ1v) is 8.97. The van der Waals surface area contributed by atoms with Crippen LogP contribution in [-0.2, 0) is 10.9 Å². The number of carbonyl (C=O) groups excluding carboxylic acids is 1. The number of carbonyl (C=O) groups is 1. The lowest BCUT2D eigenvalue weighted by atomic mass is 10.1. The number of nitrogens with zero attached hydrogens (tertiary/aromatic N) is 1. The molecule has 146 valence electrons. The highest BCUT2D eigenvalue weighted by Crippen LogP contribution is 2.36. The Kier molecular flexibility index (Phi) is 4.80. The van der Waals surface area contributed by atoms with E-state index in [9.17, 15) is 18.0 Å². The molecule has 2 heterocycles. The van der Waals surface area contributed by atoms with Gasteiger partial charge in [-0.05, 0) is 31.0 Å². The molecular formula is C20H18F3N3O2. The number of benzene rings is 2. The maximum atomic E-state index is 13.3. The van der Waals surface area contributed by atoms with Gasteiger partial charge in [0.2, 0.25) is 0 Å². The molecule has 2 aromatic carbocycles. The number of hydrogen-bond donors (Lipinski definition) is 2. The first-order valence-electron chi connectivity index (χ1n) is 8.97. The smallest absolute Gasteiger partial charge is 0.381 e. The molecule has 1 amide bonds. The summed E-state index contributed by atoms with van der Waals surface area (Å²) in [5.74, 6) is -0.214. The zero-order valence-electron chi connectivity index (χ0n) is 14.8. The molecule has 0 saturated carbocycles. The van der Waals surface area contributed by atoms with Crippen molar-refractivity contribution in [1.29, 1.82) is 0 Å². The SMILES string of the molecule is O=C(NC1CCOCC1)c1cccc2[nH]c(-c3ccccc3C(F)(F)F)nc12. The molecule has 4 rings (SSSR count). The van der Waals surface area contributed by atoms with Gasteiger partial charge in [0.05, 0.1) is 16.6 Å². The number of rotatable bonds is 3. The normalized spacial score (nSPS) is 15.7. The molecule has 1 fully saturated rings. The van der Waals surface area contributed by atoms with Crippen molar-refractivity contribution in [2.45, 2.75) is 25.1 Å². The summed E-state index contributed by atoms with van der Waals surface area (Å²) in [5, 5.41) is 2.96. The van der Waals surface area contributed by atoms with E-state index in [1.165, 1.54) is 18.2 Å². The van der Waals surface area contributed by atoms with Crippen LogP contribution in [-0.4, -0.2) is 35.1 Å². The third-order valence-electron chi connectivity index (χ3n) is 4.80. The minimum absolute atomic E-state index is 0.0147. The Morgan fingerprint density at radius 2 is 1.86 bits per heavy atom. The molecule has 1 aliphatic heterocycles. The number of aromatic amines is 1. The molecule has 0 atom stereocenters. The summed E-state index contributed by atoms with van der Waals surface area (Å²) in [4.78, 5) is 20.0. The highest BCUT2D eigenvalue weighted by molar-refractivity contribution is 6.05. The van der Waals surface area contributed by atoms with E-state index < -0.39 is 11.7 Å². The number of fused-ring (bicyclic) bond motifs is 1. The Hall–Kier alpha value is -2.87. The van der Waals surface area contributed by atoms with Gasteiger partial charge in [-0.1, -0.05) is 24.3 Å². The number of imidazole rings is 1. The monoisotopic (exact) mass is 389 g/mol. The van der Waals surface area contributed by atoms with E-state index in [1.807, 2.05) is 0 Å². The highest BCUT2D eigenvalue weighted by Gasteiger charge is 2.34. The Morgan fingerprint density at radius 3 is 2.61 bits per heavy atom. The van der Waals surface area contributed by atoms with Gasteiger partial charge in [0, 0.05) is 24.8 Å². The molecule has 1 saturated heterocycles. The molecule has 8 heteroatoms. The van der Waals surface area contributed by atoms with Gasteiger partial charge in [0.1, 0.15) is 11.3 Å². The number of hydrogen-bond acceptors (Lipinski definition) is 3. The number of H-pyrrole nitrogens is 1. The minimum Gasteiger partial charge on any atom is -0.381 e. The Labute approximate surface area is 158 Å². The number of nitrogens with one attached hydrogen (secondary N) is 2. The highest BCUT2D eigenvalue weighted by atomic mass is 19.4. The molecule has 0 radical (unpaired) electrons. The maximum absolute atomic E-state index is 13.3. The second kappa shape index (κ2) is 7.27. The van der Waals surface area contributed by atoms with Crippen LogP contribution in [0.25, 0.3) is 22.4 Å². The van der Waals surface area contributed by atoms with Gasteiger partial charge < -0.3 is 15.0 Å². The van der Waals surface area contributed by atoms with Crippen molar-refractivity contribution in [3.05, 3.63) is 53.6 Å². The minimum atomic E-state index is -4.50. The summed E-state index contributed by atoms with van der Waals surface area (Å²) in [5.41, 5.74) is 0.353. The van der Waals surface area contributed by atoms with Crippen LogP contribution in [0.1, 0.15) is 28.8 Å². The fourth-order valence-corrected chi connectivity index (χ4v) is 3.38. The topological polar surface area (TPSA) is 67.0 Å². The predicted molar refractivity (Wildman–Crippen MR) is 97.8 cm³/mol. The van der Waals surface area contributed by atoms with Crippen molar-refractivity contribution < 1.29 is 22.7 Å². The Bertz CT molecular complexity index is 1010. The first kappa shape index (κ1) is 18.5. The van der Waals surface area contributed by atoms with E-state index in [2.05, 4.69) is 15.3 Å². The number of para-hydroxylation sites is 1. The Morgan fingerprint density at radius 1 is 1.11 bits per heavy atom. The summed E-state index contributed by atoms with van der Waals surface area (Å²) in [6.45, 7) is 1.19. The number of aromatic nitrogens is 2. The lowest BCUT2D eigenvalue weighted by molar-refractivity contribution is -0.137. The van der Waals surface area contributed by atoms with Crippen LogP contribution in [0.4, 0.5) is 13.2 Å². The van der Waals surface area contributed by atoms with E-state index in [0.29, 0.717) is 29.8 Å². The molecule has 28 heavy (non-hydrogen) atoms. The summed E-state index contributed by atoms with van der Waals surface area (Å²) in [6.07, 6.45) is -3.04. The average Bonchev–Trinajstić information content (AvgIpc) is 3.12. The fourth-order valence-electron chi connectivity index (χ4n) is 3.38. The van der Waals surface area contributed by atoms with Crippen molar-refractivity contribution in [2.75, 3.05) is 13.2 Å². The van der Waals surface area contributed by atoms with Crippen LogP contribution in [0, 0.1) is 0 Å². The molecule has 0 spiro atoms. The quantitative estimate of drug-likeness (QED) is 0.707. The van der Waals surface area contributed by atoms with Crippen LogP contribution >= 0.6 is 0 Å². The average molecular weight is 389 g/mol. The first-order chi connectivity index (χ1) is 13.4. The molecule has 0 bridgehead atoms. The van der Waals surface area contributed by atoms with E-state index >= 15 is 0 Å². The van der Waals surface area contributed by atoms with Gasteiger partial charge in [-0.2, -0.15) is 13.2 Å². The Balaban J connectivity index is 1.71. The largest absolute Gasteiger partial charge is 0.417 e. The van der Waals surface area contributed by atoms with Crippen LogP contribution in [0.15, 0.2) is 42.5 Å². The summed E-state index contributed by atoms with van der Waals surface area (Å²) < 4.78 is 45.3. The van der Waals surface area contributed by atoms with Crippen molar-refractivity contribution in [3.63, 3.8) is 0 Å². The zero-order valence-corrected chi connectivity index (χ0v) is 14.8. The van der Waals surface area contributed by atoms with Crippen LogP contribution in [0.5, 0.6) is 0 Å². The summed E-state index contributed by atoms with van der Waals surface area (Å²) in [7, 11) is 0. The third-order valence-corrected chi connectivity index (χ3v) is 4.80. The van der Waals surface area contributed by atoms with Gasteiger partial charge in [-0.15, -0.1) is 0 Å². The molecule has 1 aromatic heterocycles. The number of alkyl halides is 3. The van der Waals surface area contributed by atoms with Crippen molar-refractivity contribution in [1.82, 2.24) is 15.3 Å². The van der Waals surface area contributed by atoms with Gasteiger partial charge >= 0.3 is 6.18 Å². The molecule has 0 unspecified atom stereocenters. The van der Waals surface area contributed by atoms with Crippen molar-refractivity contribution >= 4 is 16.9 Å². The van der Waals surface area contributed by atoms with Gasteiger partial charge in [-0.3, -0.25) is 4.79 Å². The summed E-state index contributed by atoms with van der Waals surface area (Å²) in [6, 6.07) is 10.2. The van der Waals surface area contributed by atoms with Crippen LogP contribution in [0.3, 0.4) is 0 Å². The number of ether oxygens (including phenoxy) is 1. The maximum Gasteiger partial charge on any atom is 0.417 e. The lowest BCUT2D eigenvalue weighted by Gasteiger charge is -2.23. The van der Waals surface area contributed by atoms with Crippen molar-refractivity contribution in [3.8, 4) is 11.4 Å². The molecule has 1 aliphatic rings. The van der Waals surface area contributed by atoms with Gasteiger partial charge in [-0.25, -0.2) is 4.98 Å². The van der Waals surface area contributed by atoms with E-state index in [0.717, 1.165) is 18.9 Å². The van der Waals surface area contributed by atoms with Crippen LogP contribution in [0.2, 0.25) is 0 Å². The molecule has 5 nitrogen and oxygen atoms in total. The standard InChI is InChI=1S/C20H18F3N3O2/c21-20(22,23)15-6-2-1-4-13(15)18-25-16-7-3-5-14(17(16)26-18)19(27)24-12-8-10-28-11-9-12/h1-7,12H,8-11H2,(H,24,27)(H,25,26). The molecule has 3 aromatic rings. The second-order valence-electron chi connectivity index (χ2n) is 6.69. The molecule has 0 aliphatic carbocycles. The molecular weight excluding hydrogens is 371 g/mol. The number of halogens is 3. The zero-order chi connectivity index (χ0) is 19.7. The second-order valence-corrected chi connectivity index (χ2v) is 6.69. The third kappa shape index (κ3) is 3.60. The van der Waals surface area contributed by atoms with Gasteiger partial charge in [0.15, 0.2) is 0 Å². The van der Waals surface area contributed by atoms with E-state index in [1.54, 1.807) is 18.2 Å². The predicted octanol–water partition coefficient (Wildman–Crippen LogP) is 4.16. The molecule has 2 N–H and O–H groups in total. The van der Waals surface area contributed by atoms with Crippen LogP contribution < -0.4 is 5.32 Å². The van der Waals surface area contributed by atoms with E-state index in [4.69, 9.17) is 4.74 Å². The number of amides is 1. The van der Waals surface area contributed by atoms with Crippen molar-refractivity contribution in [2.24, 2.45) is 0 Å². The van der Waals surface area contributed by atoms with Gasteiger partial charge in [0.25, 0.3) is 5.91 Å². The fraction of sp³-hybridized carbons (Fsp3) is 0.300. The summed E-state index contributed by atoms with van der Waals surface area (Å²) >= 11 is 0. The lowest BCUT2D eigenvalue weighted by Crippen LogP contribution is -2.38.